The molecule has 0 radical (unpaired) electrons. The van der Waals surface area contributed by atoms with Gasteiger partial charge in [0.25, 0.3) is 0 Å². The van der Waals surface area contributed by atoms with Gasteiger partial charge in [-0.05, 0) is 24.6 Å². The summed E-state index contributed by atoms with van der Waals surface area (Å²) in [5.41, 5.74) is 0.597. The first kappa shape index (κ1) is 14.9. The van der Waals surface area contributed by atoms with Crippen molar-refractivity contribution in [2.24, 2.45) is 0 Å². The van der Waals surface area contributed by atoms with Gasteiger partial charge in [-0.15, -0.1) is 0 Å². The second-order valence-electron chi connectivity index (χ2n) is 4.00. The highest BCUT2D eigenvalue weighted by atomic mass is 19.1. The normalized spacial score (nSPS) is 11.6. The average Bonchev–Trinajstić information content (AvgIpc) is 2.38. The van der Waals surface area contributed by atoms with E-state index in [1.165, 1.54) is 32.2 Å². The maximum Gasteiger partial charge on any atom is 0.328 e. The monoisotopic (exact) mass is 268 g/mol. The van der Waals surface area contributed by atoms with E-state index in [-0.39, 0.29) is 11.6 Å². The molecule has 1 atom stereocenters. The zero-order valence-corrected chi connectivity index (χ0v) is 11.1. The molecule has 5 nitrogen and oxygen atoms in total. The molecule has 0 heterocycles. The molecule has 0 fully saturated rings. The predicted octanol–water partition coefficient (Wildman–Crippen LogP) is 2.15. The molecular formula is C13H17FN2O3. The van der Waals surface area contributed by atoms with E-state index in [1.54, 1.807) is 0 Å². The van der Waals surface area contributed by atoms with E-state index in [0.29, 0.717) is 12.1 Å². The van der Waals surface area contributed by atoms with E-state index in [4.69, 9.17) is 0 Å². The highest BCUT2D eigenvalue weighted by Crippen LogP contribution is 2.20. The molecule has 0 aliphatic carbocycles. The first-order valence-corrected chi connectivity index (χ1v) is 5.89. The van der Waals surface area contributed by atoms with Crippen molar-refractivity contribution in [3.8, 4) is 0 Å². The number of carbonyl (C=O) groups is 2. The lowest BCUT2D eigenvalue weighted by Gasteiger charge is -2.16. The Morgan fingerprint density at radius 3 is 2.63 bits per heavy atom. The second-order valence-corrected chi connectivity index (χ2v) is 4.00. The largest absolute Gasteiger partial charge is 0.467 e. The standard InChI is InChI=1S/C13H17FN2O3/c1-4-11(13(18)19-3)16-9-5-6-10(14)12(7-9)15-8(2)17/h5-7,11,16H,4H2,1-3H3,(H,15,17)/t11-/m1/s1. The molecule has 1 aromatic carbocycles. The third kappa shape index (κ3) is 4.24. The smallest absolute Gasteiger partial charge is 0.328 e. The molecule has 0 bridgehead atoms. The molecule has 0 unspecified atom stereocenters. The van der Waals surface area contributed by atoms with Crippen LogP contribution in [0, 0.1) is 5.82 Å². The van der Waals surface area contributed by atoms with Gasteiger partial charge >= 0.3 is 5.97 Å². The highest BCUT2D eigenvalue weighted by Gasteiger charge is 2.17. The van der Waals surface area contributed by atoms with Crippen LogP contribution in [0.25, 0.3) is 0 Å². The van der Waals surface area contributed by atoms with Crippen LogP contribution in [-0.4, -0.2) is 25.0 Å². The van der Waals surface area contributed by atoms with Crippen LogP contribution in [0.15, 0.2) is 18.2 Å². The van der Waals surface area contributed by atoms with Crippen molar-refractivity contribution in [3.63, 3.8) is 0 Å². The van der Waals surface area contributed by atoms with Gasteiger partial charge in [0.05, 0.1) is 12.8 Å². The van der Waals surface area contributed by atoms with E-state index in [2.05, 4.69) is 15.4 Å². The average molecular weight is 268 g/mol. The molecule has 0 aliphatic rings. The Morgan fingerprint density at radius 2 is 2.11 bits per heavy atom. The van der Waals surface area contributed by atoms with Crippen molar-refractivity contribution in [2.45, 2.75) is 26.3 Å². The van der Waals surface area contributed by atoms with E-state index in [9.17, 15) is 14.0 Å². The second kappa shape index (κ2) is 6.72. The van der Waals surface area contributed by atoms with Crippen molar-refractivity contribution in [1.29, 1.82) is 0 Å². The number of carbonyl (C=O) groups excluding carboxylic acids is 2. The number of benzene rings is 1. The van der Waals surface area contributed by atoms with Gasteiger partial charge in [0, 0.05) is 12.6 Å². The predicted molar refractivity (Wildman–Crippen MR) is 70.4 cm³/mol. The van der Waals surface area contributed by atoms with E-state index in [1.807, 2.05) is 6.92 Å². The van der Waals surface area contributed by atoms with Gasteiger partial charge in [0.15, 0.2) is 0 Å². The lowest BCUT2D eigenvalue weighted by atomic mass is 10.2. The Labute approximate surface area is 111 Å². The third-order valence-corrected chi connectivity index (χ3v) is 2.51. The molecule has 1 aromatic rings. The fourth-order valence-corrected chi connectivity index (χ4v) is 1.57. The number of ether oxygens (including phenoxy) is 1. The van der Waals surface area contributed by atoms with Gasteiger partial charge in [0.1, 0.15) is 11.9 Å². The molecule has 1 rings (SSSR count). The van der Waals surface area contributed by atoms with Gasteiger partial charge in [-0.25, -0.2) is 9.18 Å². The first-order valence-electron chi connectivity index (χ1n) is 5.89. The van der Waals surface area contributed by atoms with Crippen LogP contribution in [0.1, 0.15) is 20.3 Å². The molecule has 104 valence electrons. The summed E-state index contributed by atoms with van der Waals surface area (Å²) in [5.74, 6) is -1.30. The van der Waals surface area contributed by atoms with Gasteiger partial charge < -0.3 is 15.4 Å². The number of hydrogen-bond acceptors (Lipinski definition) is 4. The van der Waals surface area contributed by atoms with E-state index >= 15 is 0 Å². The van der Waals surface area contributed by atoms with Crippen molar-refractivity contribution in [2.75, 3.05) is 17.7 Å². The Kier molecular flexibility index (Phi) is 5.29. The summed E-state index contributed by atoms with van der Waals surface area (Å²) in [6.07, 6.45) is 0.527. The molecule has 0 spiro atoms. The summed E-state index contributed by atoms with van der Waals surface area (Å²) in [4.78, 5) is 22.4. The van der Waals surface area contributed by atoms with Crippen LogP contribution in [0.4, 0.5) is 15.8 Å². The lowest BCUT2D eigenvalue weighted by Crippen LogP contribution is -2.29. The van der Waals surface area contributed by atoms with Gasteiger partial charge in [-0.2, -0.15) is 0 Å². The summed E-state index contributed by atoms with van der Waals surface area (Å²) in [6, 6.07) is 3.63. The molecule has 19 heavy (non-hydrogen) atoms. The van der Waals surface area contributed by atoms with Crippen molar-refractivity contribution in [3.05, 3.63) is 24.0 Å². The molecule has 0 aliphatic heterocycles. The summed E-state index contributed by atoms with van der Waals surface area (Å²) < 4.78 is 18.1. The van der Waals surface area contributed by atoms with Crippen LogP contribution in [-0.2, 0) is 14.3 Å². The van der Waals surface area contributed by atoms with Crippen LogP contribution in [0.5, 0.6) is 0 Å². The molecular weight excluding hydrogens is 251 g/mol. The van der Waals surface area contributed by atoms with E-state index in [0.717, 1.165) is 0 Å². The number of esters is 1. The van der Waals surface area contributed by atoms with Crippen molar-refractivity contribution in [1.82, 2.24) is 0 Å². The Morgan fingerprint density at radius 1 is 1.42 bits per heavy atom. The third-order valence-electron chi connectivity index (χ3n) is 2.51. The van der Waals surface area contributed by atoms with Gasteiger partial charge in [-0.1, -0.05) is 6.92 Å². The zero-order valence-electron chi connectivity index (χ0n) is 11.1. The first-order chi connectivity index (χ1) is 8.97. The number of halogens is 1. The lowest BCUT2D eigenvalue weighted by molar-refractivity contribution is -0.141. The summed E-state index contributed by atoms with van der Waals surface area (Å²) in [7, 11) is 1.31. The summed E-state index contributed by atoms with van der Waals surface area (Å²) >= 11 is 0. The number of nitrogens with one attached hydrogen (secondary N) is 2. The minimum atomic E-state index is -0.535. The summed E-state index contributed by atoms with van der Waals surface area (Å²) in [6.45, 7) is 3.12. The van der Waals surface area contributed by atoms with Crippen LogP contribution in [0.3, 0.4) is 0 Å². The molecule has 1 amide bonds. The minimum absolute atomic E-state index is 0.0669. The Hall–Kier alpha value is -2.11. The Balaban J connectivity index is 2.89. The maximum atomic E-state index is 13.4. The van der Waals surface area contributed by atoms with Gasteiger partial charge in [0.2, 0.25) is 5.91 Å². The zero-order chi connectivity index (χ0) is 14.4. The number of anilines is 2. The fraction of sp³-hybridized carbons (Fsp3) is 0.385. The molecule has 2 N–H and O–H groups in total. The van der Waals surface area contributed by atoms with Crippen LogP contribution in [0.2, 0.25) is 0 Å². The number of hydrogen-bond donors (Lipinski definition) is 2. The topological polar surface area (TPSA) is 67.4 Å². The van der Waals surface area contributed by atoms with Crippen LogP contribution < -0.4 is 10.6 Å². The number of rotatable bonds is 5. The van der Waals surface area contributed by atoms with Gasteiger partial charge in [-0.3, -0.25) is 4.79 Å². The van der Waals surface area contributed by atoms with Crippen molar-refractivity contribution < 1.29 is 18.7 Å². The number of amides is 1. The SMILES string of the molecule is CC[C@@H](Nc1ccc(F)c(NC(C)=O)c1)C(=O)OC. The quantitative estimate of drug-likeness (QED) is 0.803. The number of methoxy groups -OCH3 is 1. The molecule has 0 saturated carbocycles. The fourth-order valence-electron chi connectivity index (χ4n) is 1.57. The molecule has 0 aromatic heterocycles. The Bertz CT molecular complexity index is 477. The summed E-state index contributed by atoms with van der Waals surface area (Å²) in [5, 5.41) is 5.31. The van der Waals surface area contributed by atoms with Crippen molar-refractivity contribution >= 4 is 23.3 Å². The minimum Gasteiger partial charge on any atom is -0.467 e. The highest BCUT2D eigenvalue weighted by molar-refractivity contribution is 5.89. The maximum absolute atomic E-state index is 13.4. The van der Waals surface area contributed by atoms with Crippen LogP contribution >= 0.6 is 0 Å². The molecule has 6 heteroatoms. The van der Waals surface area contributed by atoms with E-state index < -0.39 is 17.8 Å². The molecule has 0 saturated heterocycles.